The summed E-state index contributed by atoms with van der Waals surface area (Å²) in [5.74, 6) is 0.393. The molecule has 0 aromatic heterocycles. The van der Waals surface area contributed by atoms with Crippen LogP contribution in [0.15, 0.2) is 51.7 Å². The number of fused-ring (bicyclic) bond motifs is 1. The molecule has 4 bridgehead atoms. The third-order valence-electron chi connectivity index (χ3n) is 15.4. The summed E-state index contributed by atoms with van der Waals surface area (Å²) in [6.45, 7) is 12.0. The van der Waals surface area contributed by atoms with Crippen LogP contribution in [0.2, 0.25) is 0 Å². The minimum atomic E-state index is -0.670. The molecular weight excluding hydrogens is 767 g/mol. The van der Waals surface area contributed by atoms with Crippen LogP contribution in [0.1, 0.15) is 71.3 Å². The average Bonchev–Trinajstić information content (AvgIpc) is 3.60. The van der Waals surface area contributed by atoms with Crippen LogP contribution in [0.25, 0.3) is 6.08 Å². The van der Waals surface area contributed by atoms with Gasteiger partial charge in [-0.25, -0.2) is 9.79 Å². The molecule has 60 heavy (non-hydrogen) atoms. The standard InChI is InChI=1S/C45H59N7O8/c1-26(34(54)17-38-46-12-13-47-38)48-33(16-36-43(2)10-9-37(55)44(3,23-53)35(43)8-11-45(36)24-59-45)32-15-31(60-42(32)58)14-27-4-6-30(7-5-27)49-39(56)18-40(57)50-41-28-19-51-21-29(41)22-52(20-28)25-51/h4-7,12,14-15,26,28-29,33,35-37,41,48,53,55H,8-11,13,16-25H2,1-3H3,(H,49,56)(H,50,57)/b31-14+/t26?,28?,29?,33?,35?,36?,37-,41?,43+,44+,45?/m1/s1. The molecule has 322 valence electrons. The fraction of sp³-hybridized carbons (Fsp3) is 0.644. The van der Waals surface area contributed by atoms with Gasteiger partial charge in [0.05, 0.1) is 56.2 Å². The molecule has 7 aliphatic heterocycles. The van der Waals surface area contributed by atoms with Crippen molar-refractivity contribution in [3.05, 3.63) is 47.2 Å². The number of piperidine rings is 2. The number of hydrogen-bond acceptors (Lipinski definition) is 13. The summed E-state index contributed by atoms with van der Waals surface area (Å²) < 4.78 is 12.1. The van der Waals surface area contributed by atoms with Gasteiger partial charge in [-0.15, -0.1) is 0 Å². The number of nitrogens with zero attached hydrogens (tertiary/aromatic N) is 4. The zero-order valence-electron chi connectivity index (χ0n) is 34.9. The second kappa shape index (κ2) is 16.0. The number of amidine groups is 1. The molecule has 1 aromatic carbocycles. The van der Waals surface area contributed by atoms with E-state index in [1.807, 2.05) is 6.92 Å². The quantitative estimate of drug-likeness (QED) is 0.105. The molecule has 2 amide bonds. The smallest absolute Gasteiger partial charge is 0.341 e. The van der Waals surface area contributed by atoms with Gasteiger partial charge < -0.3 is 35.6 Å². The number of aliphatic hydroxyl groups is 2. The fourth-order valence-corrected chi connectivity index (χ4v) is 12.3. The highest BCUT2D eigenvalue weighted by atomic mass is 16.6. The Morgan fingerprint density at radius 2 is 1.75 bits per heavy atom. The van der Waals surface area contributed by atoms with Gasteiger partial charge in [-0.3, -0.25) is 29.2 Å². The van der Waals surface area contributed by atoms with E-state index in [4.69, 9.17) is 9.47 Å². The van der Waals surface area contributed by atoms with E-state index < -0.39 is 29.6 Å². The summed E-state index contributed by atoms with van der Waals surface area (Å²) in [6.07, 6.45) is 7.79. The summed E-state index contributed by atoms with van der Waals surface area (Å²) in [7, 11) is 0. The number of ketones is 1. The number of carbonyl (C=O) groups is 4. The number of epoxide rings is 1. The first-order chi connectivity index (χ1) is 28.7. The van der Waals surface area contributed by atoms with Crippen molar-refractivity contribution in [2.45, 2.75) is 95.5 Å². The predicted molar refractivity (Wildman–Crippen MR) is 224 cm³/mol. The topological polar surface area (TPSA) is 198 Å². The van der Waals surface area contributed by atoms with E-state index in [1.165, 1.54) is 0 Å². The molecule has 2 saturated carbocycles. The van der Waals surface area contributed by atoms with Gasteiger partial charge in [0.1, 0.15) is 18.0 Å². The van der Waals surface area contributed by atoms with Gasteiger partial charge in [0, 0.05) is 67.4 Å². The number of nitrogens with one attached hydrogen (secondary N) is 3. The summed E-state index contributed by atoms with van der Waals surface area (Å²) in [6, 6.07) is 6.01. The second-order valence-corrected chi connectivity index (χ2v) is 19.3. The van der Waals surface area contributed by atoms with E-state index in [1.54, 1.807) is 49.6 Å². The summed E-state index contributed by atoms with van der Waals surface area (Å²) in [5.41, 5.74) is 0.341. The van der Waals surface area contributed by atoms with E-state index in [0.717, 1.165) is 57.7 Å². The number of aliphatic imine (C=N–C) groups is 2. The molecular formula is C45H59N7O8. The Labute approximate surface area is 351 Å². The Hall–Kier alpha value is -4.12. The van der Waals surface area contributed by atoms with Gasteiger partial charge in [0.25, 0.3) is 0 Å². The Morgan fingerprint density at radius 1 is 1.03 bits per heavy atom. The third-order valence-corrected chi connectivity index (χ3v) is 15.4. The Kier molecular flexibility index (Phi) is 11.0. The van der Waals surface area contributed by atoms with Crippen LogP contribution in [0, 0.1) is 34.5 Å². The van der Waals surface area contributed by atoms with Crippen LogP contribution in [0.4, 0.5) is 5.69 Å². The van der Waals surface area contributed by atoms with Crippen molar-refractivity contribution in [2.24, 2.45) is 44.5 Å². The summed E-state index contributed by atoms with van der Waals surface area (Å²) in [5, 5.41) is 31.3. The number of anilines is 1. The number of Topliss-reactive ketones (excluding diaryl/α,β-unsaturated/α-hetero) is 1. The first-order valence-electron chi connectivity index (χ1n) is 21.8. The average molecular weight is 826 g/mol. The van der Waals surface area contributed by atoms with E-state index >= 15 is 0 Å². The van der Waals surface area contributed by atoms with Crippen LogP contribution in [-0.4, -0.2) is 138 Å². The predicted octanol–water partition coefficient (Wildman–Crippen LogP) is 2.29. The number of ether oxygens (including phenoxy) is 2. The van der Waals surface area contributed by atoms with Crippen molar-refractivity contribution >= 4 is 47.4 Å². The highest BCUT2D eigenvalue weighted by molar-refractivity contribution is 6.07. The zero-order valence-corrected chi connectivity index (χ0v) is 34.9. The lowest BCUT2D eigenvalue weighted by molar-refractivity contribution is -0.177. The van der Waals surface area contributed by atoms with Gasteiger partial charge in [-0.05, 0) is 86.1 Å². The molecule has 15 heteroatoms. The molecule has 5 N–H and O–H groups in total. The zero-order chi connectivity index (χ0) is 42.0. The number of hydrogen-bond donors (Lipinski definition) is 5. The van der Waals surface area contributed by atoms with Crippen LogP contribution >= 0.6 is 0 Å². The van der Waals surface area contributed by atoms with Crippen molar-refractivity contribution in [1.82, 2.24) is 20.4 Å². The van der Waals surface area contributed by atoms with E-state index in [9.17, 15) is 29.4 Å². The maximum absolute atomic E-state index is 13.8. The van der Waals surface area contributed by atoms with Crippen LogP contribution in [0.5, 0.6) is 0 Å². The molecule has 1 spiro atoms. The number of carbonyl (C=O) groups excluding carboxylic acids is 4. The molecule has 9 aliphatic rings. The Bertz CT molecular complexity index is 2000. The van der Waals surface area contributed by atoms with E-state index in [0.29, 0.717) is 60.7 Å². The minimum absolute atomic E-state index is 0.0323. The van der Waals surface area contributed by atoms with Crippen LogP contribution in [-0.2, 0) is 28.7 Å². The number of allylic oxidation sites excluding steroid dienone is 1. The van der Waals surface area contributed by atoms with Crippen molar-refractivity contribution in [2.75, 3.05) is 57.9 Å². The normalized spacial score (nSPS) is 38.9. The molecule has 2 aliphatic carbocycles. The molecule has 15 nitrogen and oxygen atoms in total. The monoisotopic (exact) mass is 825 g/mol. The molecule has 1 aromatic rings. The number of rotatable bonds is 14. The van der Waals surface area contributed by atoms with Gasteiger partial charge in [-0.1, -0.05) is 26.0 Å². The first kappa shape index (κ1) is 41.2. The number of amides is 2. The SMILES string of the molecule is CC(NC(CC1C2(CCC3[C@]1(C)CC[C@@H](O)[C@@]3(C)CO)CO2)C1=C/C(=C\c2ccc(NC(=O)CC(=O)NC3C4CN5CC3CN(C4)C5)cc2)OC1=O)C(=O)CC1=NCC=N1. The lowest BCUT2D eigenvalue weighted by atomic mass is 9.44. The van der Waals surface area contributed by atoms with Crippen LogP contribution < -0.4 is 16.0 Å². The summed E-state index contributed by atoms with van der Waals surface area (Å²) in [4.78, 5) is 66.5. The number of benzene rings is 1. The fourth-order valence-electron chi connectivity index (χ4n) is 12.3. The van der Waals surface area contributed by atoms with Crippen molar-refractivity contribution in [3.63, 3.8) is 0 Å². The lowest BCUT2D eigenvalue weighted by Crippen LogP contribution is -2.71. The molecule has 7 fully saturated rings. The summed E-state index contributed by atoms with van der Waals surface area (Å²) >= 11 is 0. The largest absolute Gasteiger partial charge is 0.423 e. The first-order valence-corrected chi connectivity index (χ1v) is 21.8. The molecule has 5 saturated heterocycles. The van der Waals surface area contributed by atoms with Crippen molar-refractivity contribution < 1.29 is 38.9 Å². The van der Waals surface area contributed by atoms with Crippen LogP contribution in [0.3, 0.4) is 0 Å². The Morgan fingerprint density at radius 3 is 2.40 bits per heavy atom. The maximum atomic E-state index is 13.8. The highest BCUT2D eigenvalue weighted by Crippen LogP contribution is 2.66. The molecule has 7 heterocycles. The van der Waals surface area contributed by atoms with Gasteiger partial charge in [0.15, 0.2) is 5.78 Å². The second-order valence-electron chi connectivity index (χ2n) is 19.3. The minimum Gasteiger partial charge on any atom is -0.423 e. The lowest BCUT2D eigenvalue weighted by Gasteiger charge is -2.61. The van der Waals surface area contributed by atoms with Gasteiger partial charge in [-0.2, -0.15) is 0 Å². The van der Waals surface area contributed by atoms with E-state index in [-0.39, 0.29) is 65.9 Å². The van der Waals surface area contributed by atoms with Gasteiger partial charge in [0.2, 0.25) is 11.8 Å². The molecule has 10 rings (SSSR count). The molecule has 5 unspecified atom stereocenters. The Balaban J connectivity index is 0.895. The maximum Gasteiger partial charge on any atom is 0.341 e. The third kappa shape index (κ3) is 7.81. The number of aliphatic hydroxyl groups excluding tert-OH is 2. The van der Waals surface area contributed by atoms with E-state index in [2.05, 4.69) is 42.7 Å². The highest BCUT2D eigenvalue weighted by Gasteiger charge is 2.67. The molecule has 8 atom stereocenters. The number of esters is 1. The van der Waals surface area contributed by atoms with Crippen molar-refractivity contribution in [3.8, 4) is 0 Å². The van der Waals surface area contributed by atoms with Gasteiger partial charge >= 0.3 is 5.97 Å². The number of cyclic esters (lactones) is 1. The van der Waals surface area contributed by atoms with Crippen molar-refractivity contribution in [1.29, 1.82) is 0 Å². The molecule has 0 radical (unpaired) electrons.